The first-order valence-electron chi connectivity index (χ1n) is 4.74. The molecule has 16 heavy (non-hydrogen) atoms. The Morgan fingerprint density at radius 2 is 2.25 bits per heavy atom. The first kappa shape index (κ1) is 13.1. The maximum absolute atomic E-state index is 13.5. The SMILES string of the molecule is CCOC(=O)C(C)(O)c1ccc(Br)cc1F. The highest BCUT2D eigenvalue weighted by Gasteiger charge is 2.36. The highest BCUT2D eigenvalue weighted by Crippen LogP contribution is 2.27. The zero-order valence-electron chi connectivity index (χ0n) is 8.96. The van der Waals surface area contributed by atoms with Gasteiger partial charge < -0.3 is 9.84 Å². The summed E-state index contributed by atoms with van der Waals surface area (Å²) >= 11 is 3.09. The molecule has 0 aliphatic heterocycles. The van der Waals surface area contributed by atoms with E-state index >= 15 is 0 Å². The van der Waals surface area contributed by atoms with Gasteiger partial charge in [0.15, 0.2) is 5.60 Å². The molecule has 0 saturated heterocycles. The number of ether oxygens (including phenoxy) is 1. The molecule has 0 aliphatic carbocycles. The van der Waals surface area contributed by atoms with Crippen LogP contribution in [0.1, 0.15) is 19.4 Å². The van der Waals surface area contributed by atoms with Crippen molar-refractivity contribution in [1.29, 1.82) is 0 Å². The lowest BCUT2D eigenvalue weighted by molar-refractivity contribution is -0.164. The molecule has 0 heterocycles. The van der Waals surface area contributed by atoms with Crippen molar-refractivity contribution < 1.29 is 19.0 Å². The van der Waals surface area contributed by atoms with Gasteiger partial charge in [-0.05, 0) is 26.0 Å². The van der Waals surface area contributed by atoms with Crippen molar-refractivity contribution in [3.8, 4) is 0 Å². The normalized spacial score (nSPS) is 14.3. The van der Waals surface area contributed by atoms with Gasteiger partial charge in [0.1, 0.15) is 5.82 Å². The van der Waals surface area contributed by atoms with Crippen molar-refractivity contribution in [1.82, 2.24) is 0 Å². The highest BCUT2D eigenvalue weighted by molar-refractivity contribution is 9.10. The molecule has 0 aromatic heterocycles. The van der Waals surface area contributed by atoms with Crippen LogP contribution in [0.3, 0.4) is 0 Å². The third kappa shape index (κ3) is 2.59. The second-order valence-electron chi connectivity index (χ2n) is 3.42. The molecule has 0 aliphatic rings. The number of hydrogen-bond acceptors (Lipinski definition) is 3. The van der Waals surface area contributed by atoms with Gasteiger partial charge in [0.25, 0.3) is 0 Å². The van der Waals surface area contributed by atoms with Crippen molar-refractivity contribution >= 4 is 21.9 Å². The lowest BCUT2D eigenvalue weighted by atomic mass is 9.96. The van der Waals surface area contributed by atoms with Crippen LogP contribution in [0, 0.1) is 5.82 Å². The van der Waals surface area contributed by atoms with Crippen molar-refractivity contribution in [3.63, 3.8) is 0 Å². The topological polar surface area (TPSA) is 46.5 Å². The monoisotopic (exact) mass is 290 g/mol. The Hall–Kier alpha value is -0.940. The van der Waals surface area contributed by atoms with E-state index in [1.807, 2.05) is 0 Å². The van der Waals surface area contributed by atoms with Gasteiger partial charge in [-0.2, -0.15) is 0 Å². The first-order chi connectivity index (χ1) is 7.39. The molecule has 88 valence electrons. The smallest absolute Gasteiger partial charge is 0.342 e. The molecule has 5 heteroatoms. The van der Waals surface area contributed by atoms with Crippen molar-refractivity contribution in [2.45, 2.75) is 19.4 Å². The molecule has 1 unspecified atom stereocenters. The van der Waals surface area contributed by atoms with E-state index < -0.39 is 17.4 Å². The van der Waals surface area contributed by atoms with E-state index in [1.54, 1.807) is 13.0 Å². The third-order valence-electron chi connectivity index (χ3n) is 2.13. The number of esters is 1. The fourth-order valence-corrected chi connectivity index (χ4v) is 1.60. The van der Waals surface area contributed by atoms with Crippen molar-refractivity contribution in [3.05, 3.63) is 34.1 Å². The Morgan fingerprint density at radius 3 is 2.75 bits per heavy atom. The number of hydrogen-bond donors (Lipinski definition) is 1. The van der Waals surface area contributed by atoms with Crippen LogP contribution in [-0.2, 0) is 15.1 Å². The molecule has 1 atom stereocenters. The van der Waals surface area contributed by atoms with Gasteiger partial charge in [0.05, 0.1) is 6.61 Å². The molecular weight excluding hydrogens is 279 g/mol. The molecule has 0 fully saturated rings. The van der Waals surface area contributed by atoms with Crippen molar-refractivity contribution in [2.75, 3.05) is 6.61 Å². The Kier molecular flexibility index (Phi) is 4.04. The van der Waals surface area contributed by atoms with Crippen LogP contribution in [0.2, 0.25) is 0 Å². The molecule has 0 bridgehead atoms. The van der Waals surface area contributed by atoms with Crippen LogP contribution in [0.4, 0.5) is 4.39 Å². The minimum Gasteiger partial charge on any atom is -0.464 e. The van der Waals surface area contributed by atoms with E-state index in [0.717, 1.165) is 0 Å². The van der Waals surface area contributed by atoms with Crippen LogP contribution in [-0.4, -0.2) is 17.7 Å². The first-order valence-corrected chi connectivity index (χ1v) is 5.54. The molecule has 3 nitrogen and oxygen atoms in total. The zero-order chi connectivity index (χ0) is 12.3. The average molecular weight is 291 g/mol. The number of rotatable bonds is 3. The van der Waals surface area contributed by atoms with Crippen LogP contribution in [0.5, 0.6) is 0 Å². The summed E-state index contributed by atoms with van der Waals surface area (Å²) < 4.78 is 18.8. The maximum atomic E-state index is 13.5. The van der Waals surface area contributed by atoms with Gasteiger partial charge in [-0.25, -0.2) is 9.18 Å². The molecule has 0 spiro atoms. The molecule has 0 amide bonds. The van der Waals surface area contributed by atoms with Gasteiger partial charge in [-0.1, -0.05) is 22.0 Å². The predicted octanol–water partition coefficient (Wildman–Crippen LogP) is 2.36. The zero-order valence-corrected chi connectivity index (χ0v) is 10.5. The minimum atomic E-state index is -1.97. The summed E-state index contributed by atoms with van der Waals surface area (Å²) in [6.07, 6.45) is 0. The summed E-state index contributed by atoms with van der Waals surface area (Å²) in [5.41, 5.74) is -2.07. The van der Waals surface area contributed by atoms with E-state index in [2.05, 4.69) is 20.7 Å². The summed E-state index contributed by atoms with van der Waals surface area (Å²) in [5.74, 6) is -1.52. The van der Waals surface area contributed by atoms with Gasteiger partial charge in [0, 0.05) is 10.0 Å². The van der Waals surface area contributed by atoms with E-state index in [9.17, 15) is 14.3 Å². The predicted molar refractivity (Wildman–Crippen MR) is 60.3 cm³/mol. The van der Waals surface area contributed by atoms with E-state index in [0.29, 0.717) is 4.47 Å². The Balaban J connectivity index is 3.11. The van der Waals surface area contributed by atoms with Crippen LogP contribution in [0.25, 0.3) is 0 Å². The lowest BCUT2D eigenvalue weighted by Gasteiger charge is -2.21. The molecule has 1 rings (SSSR count). The van der Waals surface area contributed by atoms with Crippen LogP contribution >= 0.6 is 15.9 Å². The second kappa shape index (κ2) is 4.93. The summed E-state index contributed by atoms with van der Waals surface area (Å²) in [6.45, 7) is 2.95. The fraction of sp³-hybridized carbons (Fsp3) is 0.364. The highest BCUT2D eigenvalue weighted by atomic mass is 79.9. The lowest BCUT2D eigenvalue weighted by Crippen LogP contribution is -2.35. The number of aliphatic hydroxyl groups is 1. The molecular formula is C11H12BrFO3. The van der Waals surface area contributed by atoms with Gasteiger partial charge in [-0.15, -0.1) is 0 Å². The molecule has 0 saturated carbocycles. The number of halogens is 2. The standard InChI is InChI=1S/C11H12BrFO3/c1-3-16-10(14)11(2,15)8-5-4-7(12)6-9(8)13/h4-6,15H,3H2,1-2H3. The molecule has 0 radical (unpaired) electrons. The summed E-state index contributed by atoms with van der Waals surface area (Å²) in [5, 5.41) is 9.93. The van der Waals surface area contributed by atoms with Gasteiger partial charge in [0.2, 0.25) is 0 Å². The number of carbonyl (C=O) groups excluding carboxylic acids is 1. The second-order valence-corrected chi connectivity index (χ2v) is 4.33. The van der Waals surface area contributed by atoms with Gasteiger partial charge in [-0.3, -0.25) is 0 Å². The number of benzene rings is 1. The van der Waals surface area contributed by atoms with Crippen LogP contribution in [0.15, 0.2) is 22.7 Å². The Labute approximate surface area is 101 Å². The van der Waals surface area contributed by atoms with E-state index in [1.165, 1.54) is 19.1 Å². The average Bonchev–Trinajstić information content (AvgIpc) is 2.17. The largest absolute Gasteiger partial charge is 0.464 e. The Morgan fingerprint density at radius 1 is 1.62 bits per heavy atom. The maximum Gasteiger partial charge on any atom is 0.342 e. The fourth-order valence-electron chi connectivity index (χ4n) is 1.27. The van der Waals surface area contributed by atoms with E-state index in [-0.39, 0.29) is 12.2 Å². The molecule has 1 aromatic rings. The summed E-state index contributed by atoms with van der Waals surface area (Å²) in [6, 6.07) is 4.07. The quantitative estimate of drug-likeness (QED) is 0.870. The molecule has 1 N–H and O–H groups in total. The van der Waals surface area contributed by atoms with Crippen molar-refractivity contribution in [2.24, 2.45) is 0 Å². The minimum absolute atomic E-state index is 0.103. The van der Waals surface area contributed by atoms with Gasteiger partial charge >= 0.3 is 5.97 Å². The Bertz CT molecular complexity index is 404. The number of carbonyl (C=O) groups is 1. The summed E-state index contributed by atoms with van der Waals surface area (Å²) in [7, 11) is 0. The molecule has 1 aromatic carbocycles. The third-order valence-corrected chi connectivity index (χ3v) is 2.62. The van der Waals surface area contributed by atoms with E-state index in [4.69, 9.17) is 0 Å². The summed E-state index contributed by atoms with van der Waals surface area (Å²) in [4.78, 5) is 11.5. The van der Waals surface area contributed by atoms with Crippen LogP contribution < -0.4 is 0 Å².